The highest BCUT2D eigenvalue weighted by Crippen LogP contribution is 2.29. The topological polar surface area (TPSA) is 69.6 Å². The standard InChI is InChI=1S/C12H22N2O3/c1-12(2,3)9(10(15)16)13-11(17)14(4)7-8-5-6-8/h8-9H,5-7H2,1-4H3,(H,13,17)(H,15,16)/t9-/m1/s1. The zero-order valence-electron chi connectivity index (χ0n) is 11.0. The number of amides is 2. The predicted octanol–water partition coefficient (Wildman–Crippen LogP) is 1.54. The lowest BCUT2D eigenvalue weighted by Crippen LogP contribution is -2.52. The molecule has 98 valence electrons. The third-order valence-corrected chi connectivity index (χ3v) is 2.96. The monoisotopic (exact) mass is 242 g/mol. The maximum absolute atomic E-state index is 11.8. The van der Waals surface area contributed by atoms with Gasteiger partial charge in [0.05, 0.1) is 0 Å². The number of carbonyl (C=O) groups is 2. The van der Waals surface area contributed by atoms with Crippen molar-refractivity contribution in [1.82, 2.24) is 10.2 Å². The number of rotatable bonds is 4. The smallest absolute Gasteiger partial charge is 0.326 e. The number of nitrogens with zero attached hydrogens (tertiary/aromatic N) is 1. The zero-order valence-corrected chi connectivity index (χ0v) is 11.0. The molecule has 1 aliphatic carbocycles. The van der Waals surface area contributed by atoms with Crippen LogP contribution < -0.4 is 5.32 Å². The van der Waals surface area contributed by atoms with E-state index >= 15 is 0 Å². The molecule has 5 heteroatoms. The molecule has 0 aliphatic heterocycles. The van der Waals surface area contributed by atoms with Crippen LogP contribution in [-0.2, 0) is 4.79 Å². The molecule has 1 rings (SSSR count). The molecule has 0 aromatic rings. The van der Waals surface area contributed by atoms with E-state index in [0.29, 0.717) is 12.5 Å². The van der Waals surface area contributed by atoms with Crippen LogP contribution in [0.15, 0.2) is 0 Å². The first-order chi connectivity index (χ1) is 7.71. The molecule has 1 aliphatic rings. The summed E-state index contributed by atoms with van der Waals surface area (Å²) in [5, 5.41) is 11.7. The van der Waals surface area contributed by atoms with Gasteiger partial charge in [-0.2, -0.15) is 0 Å². The van der Waals surface area contributed by atoms with Gasteiger partial charge in [0.1, 0.15) is 6.04 Å². The Labute approximate surface area is 102 Å². The summed E-state index contributed by atoms with van der Waals surface area (Å²) in [6.45, 7) is 6.11. The fourth-order valence-electron chi connectivity index (χ4n) is 1.65. The second kappa shape index (κ2) is 4.94. The molecule has 5 nitrogen and oxygen atoms in total. The molecule has 17 heavy (non-hydrogen) atoms. The van der Waals surface area contributed by atoms with Gasteiger partial charge in [0.15, 0.2) is 0 Å². The molecule has 2 amide bonds. The van der Waals surface area contributed by atoms with Gasteiger partial charge in [-0.25, -0.2) is 9.59 Å². The lowest BCUT2D eigenvalue weighted by Gasteiger charge is -2.29. The van der Waals surface area contributed by atoms with Crippen molar-refractivity contribution in [3.05, 3.63) is 0 Å². The normalized spacial score (nSPS) is 17.4. The third kappa shape index (κ3) is 4.24. The number of urea groups is 1. The van der Waals surface area contributed by atoms with E-state index in [9.17, 15) is 9.59 Å². The van der Waals surface area contributed by atoms with E-state index in [1.54, 1.807) is 32.7 Å². The molecule has 0 heterocycles. The molecular formula is C12H22N2O3. The predicted molar refractivity (Wildman–Crippen MR) is 64.8 cm³/mol. The molecule has 1 fully saturated rings. The molecule has 0 unspecified atom stereocenters. The van der Waals surface area contributed by atoms with Crippen molar-refractivity contribution in [2.24, 2.45) is 11.3 Å². The van der Waals surface area contributed by atoms with E-state index in [1.807, 2.05) is 0 Å². The van der Waals surface area contributed by atoms with Crippen LogP contribution in [-0.4, -0.2) is 41.6 Å². The molecule has 2 N–H and O–H groups in total. The summed E-state index contributed by atoms with van der Waals surface area (Å²) >= 11 is 0. The highest BCUT2D eigenvalue weighted by Gasteiger charge is 2.34. The number of carboxylic acid groups (broad SMARTS) is 1. The van der Waals surface area contributed by atoms with Gasteiger partial charge in [-0.15, -0.1) is 0 Å². The Kier molecular flexibility index (Phi) is 4.01. The Morgan fingerprint density at radius 1 is 1.41 bits per heavy atom. The molecule has 0 aromatic carbocycles. The highest BCUT2D eigenvalue weighted by atomic mass is 16.4. The van der Waals surface area contributed by atoms with Crippen molar-refractivity contribution in [3.8, 4) is 0 Å². The van der Waals surface area contributed by atoms with Crippen LogP contribution in [0, 0.1) is 11.3 Å². The number of hydrogen-bond acceptors (Lipinski definition) is 2. The number of hydrogen-bond donors (Lipinski definition) is 2. The van der Waals surface area contributed by atoms with Gasteiger partial charge in [0, 0.05) is 13.6 Å². The molecular weight excluding hydrogens is 220 g/mol. The van der Waals surface area contributed by atoms with Crippen LogP contribution in [0.5, 0.6) is 0 Å². The van der Waals surface area contributed by atoms with Crippen LogP contribution in [0.2, 0.25) is 0 Å². The van der Waals surface area contributed by atoms with Crippen molar-refractivity contribution in [2.75, 3.05) is 13.6 Å². The summed E-state index contributed by atoms with van der Waals surface area (Å²) in [5.74, 6) is -0.394. The van der Waals surface area contributed by atoms with E-state index in [-0.39, 0.29) is 6.03 Å². The van der Waals surface area contributed by atoms with E-state index in [1.165, 1.54) is 12.8 Å². The molecule has 1 atom stereocenters. The first kappa shape index (κ1) is 13.8. The third-order valence-electron chi connectivity index (χ3n) is 2.96. The van der Waals surface area contributed by atoms with Gasteiger partial charge in [0.25, 0.3) is 0 Å². The van der Waals surface area contributed by atoms with E-state index in [4.69, 9.17) is 5.11 Å². The molecule has 0 aromatic heterocycles. The second-order valence-corrected chi connectivity index (χ2v) is 5.91. The van der Waals surface area contributed by atoms with Crippen LogP contribution in [0.4, 0.5) is 4.79 Å². The lowest BCUT2D eigenvalue weighted by molar-refractivity contribution is -0.142. The van der Waals surface area contributed by atoms with Gasteiger partial charge in [-0.05, 0) is 24.2 Å². The summed E-state index contributed by atoms with van der Waals surface area (Å²) < 4.78 is 0. The quantitative estimate of drug-likeness (QED) is 0.785. The Morgan fingerprint density at radius 3 is 2.29 bits per heavy atom. The molecule has 0 bridgehead atoms. The van der Waals surface area contributed by atoms with Crippen LogP contribution in [0.3, 0.4) is 0 Å². The first-order valence-corrected chi connectivity index (χ1v) is 5.96. The van der Waals surface area contributed by atoms with E-state index < -0.39 is 17.4 Å². The number of carboxylic acids is 1. The van der Waals surface area contributed by atoms with Crippen LogP contribution in [0.1, 0.15) is 33.6 Å². The second-order valence-electron chi connectivity index (χ2n) is 5.91. The van der Waals surface area contributed by atoms with Crippen molar-refractivity contribution >= 4 is 12.0 Å². The van der Waals surface area contributed by atoms with Gasteiger partial charge in [-0.3, -0.25) is 0 Å². The summed E-state index contributed by atoms with van der Waals surface area (Å²) in [6.07, 6.45) is 2.33. The highest BCUT2D eigenvalue weighted by molar-refractivity contribution is 5.83. The summed E-state index contributed by atoms with van der Waals surface area (Å²) in [6, 6.07) is -1.17. The fraction of sp³-hybridized carbons (Fsp3) is 0.833. The van der Waals surface area contributed by atoms with Gasteiger partial charge in [-0.1, -0.05) is 20.8 Å². The van der Waals surface area contributed by atoms with Gasteiger partial charge >= 0.3 is 12.0 Å². The summed E-state index contributed by atoms with van der Waals surface area (Å²) in [4.78, 5) is 24.5. The Bertz CT molecular complexity index is 305. The maximum Gasteiger partial charge on any atom is 0.326 e. The molecule has 0 saturated heterocycles. The van der Waals surface area contributed by atoms with Gasteiger partial charge < -0.3 is 15.3 Å². The minimum absolute atomic E-state index is 0.306. The van der Waals surface area contributed by atoms with E-state index in [0.717, 1.165) is 0 Å². The Hall–Kier alpha value is -1.26. The minimum atomic E-state index is -0.995. The summed E-state index contributed by atoms with van der Waals surface area (Å²) in [5.41, 5.74) is -0.498. The number of nitrogens with one attached hydrogen (secondary N) is 1. The Morgan fingerprint density at radius 2 is 1.94 bits per heavy atom. The molecule has 1 saturated carbocycles. The van der Waals surface area contributed by atoms with Crippen molar-refractivity contribution in [1.29, 1.82) is 0 Å². The van der Waals surface area contributed by atoms with Gasteiger partial charge in [0.2, 0.25) is 0 Å². The van der Waals surface area contributed by atoms with Crippen molar-refractivity contribution in [2.45, 2.75) is 39.7 Å². The van der Waals surface area contributed by atoms with Crippen molar-refractivity contribution < 1.29 is 14.7 Å². The SMILES string of the molecule is CN(CC1CC1)C(=O)N[C@H](C(=O)O)C(C)(C)C. The fourth-order valence-corrected chi connectivity index (χ4v) is 1.65. The average Bonchev–Trinajstić information content (AvgIpc) is 2.94. The molecule has 0 spiro atoms. The zero-order chi connectivity index (χ0) is 13.2. The number of aliphatic carboxylic acids is 1. The lowest BCUT2D eigenvalue weighted by atomic mass is 9.87. The number of carbonyl (C=O) groups excluding carboxylic acids is 1. The Balaban J connectivity index is 2.53. The average molecular weight is 242 g/mol. The van der Waals surface area contributed by atoms with Crippen LogP contribution >= 0.6 is 0 Å². The van der Waals surface area contributed by atoms with E-state index in [2.05, 4.69) is 5.32 Å². The largest absolute Gasteiger partial charge is 0.480 e. The maximum atomic E-state index is 11.8. The van der Waals surface area contributed by atoms with Crippen molar-refractivity contribution in [3.63, 3.8) is 0 Å². The molecule has 0 radical (unpaired) electrons. The van der Waals surface area contributed by atoms with Crippen LogP contribution in [0.25, 0.3) is 0 Å². The minimum Gasteiger partial charge on any atom is -0.480 e. The first-order valence-electron chi connectivity index (χ1n) is 5.96. The summed E-state index contributed by atoms with van der Waals surface area (Å²) in [7, 11) is 1.70.